The number of rotatable bonds is 3. The van der Waals surface area contributed by atoms with Crippen LogP contribution in [-0.2, 0) is 11.2 Å². The first-order chi connectivity index (χ1) is 8.53. The van der Waals surface area contributed by atoms with E-state index < -0.39 is 11.4 Å². The van der Waals surface area contributed by atoms with Crippen LogP contribution in [0.25, 0.3) is 0 Å². The lowest BCUT2D eigenvalue weighted by molar-refractivity contribution is -0.150. The highest BCUT2D eigenvalue weighted by atomic mass is 79.9. The zero-order valence-electron chi connectivity index (χ0n) is 9.88. The van der Waals surface area contributed by atoms with E-state index in [9.17, 15) is 14.3 Å². The van der Waals surface area contributed by atoms with Crippen LogP contribution in [0.5, 0.6) is 0 Å². The van der Waals surface area contributed by atoms with Crippen molar-refractivity contribution in [1.82, 2.24) is 5.32 Å². The average Bonchev–Trinajstić information content (AvgIpc) is 2.34. The van der Waals surface area contributed by atoms with Gasteiger partial charge in [-0.2, -0.15) is 0 Å². The van der Waals surface area contributed by atoms with E-state index in [0.717, 1.165) is 0 Å². The zero-order valence-corrected chi connectivity index (χ0v) is 11.5. The normalized spacial score (nSPS) is 18.6. The van der Waals surface area contributed by atoms with E-state index in [2.05, 4.69) is 21.2 Å². The molecule has 0 amide bonds. The molecular formula is C13H15BrFNO2. The maximum absolute atomic E-state index is 13.8. The summed E-state index contributed by atoms with van der Waals surface area (Å²) in [5.41, 5.74) is -0.359. The lowest BCUT2D eigenvalue weighted by Gasteiger charge is -2.33. The Morgan fingerprint density at radius 1 is 1.44 bits per heavy atom. The average molecular weight is 316 g/mol. The van der Waals surface area contributed by atoms with Crippen LogP contribution < -0.4 is 5.32 Å². The molecule has 2 N–H and O–H groups in total. The van der Waals surface area contributed by atoms with Crippen molar-refractivity contribution in [3.8, 4) is 0 Å². The fourth-order valence-electron chi connectivity index (χ4n) is 2.40. The van der Waals surface area contributed by atoms with Crippen molar-refractivity contribution in [1.29, 1.82) is 0 Å². The molecule has 0 bridgehead atoms. The minimum atomic E-state index is -0.833. The third kappa shape index (κ3) is 2.72. The number of hydrogen-bond acceptors (Lipinski definition) is 2. The smallest absolute Gasteiger partial charge is 0.310 e. The third-order valence-corrected chi connectivity index (χ3v) is 4.05. The number of carbonyl (C=O) groups is 1. The van der Waals surface area contributed by atoms with Crippen LogP contribution in [0.3, 0.4) is 0 Å². The Morgan fingerprint density at radius 3 is 2.67 bits per heavy atom. The molecule has 18 heavy (non-hydrogen) atoms. The van der Waals surface area contributed by atoms with Gasteiger partial charge in [0.05, 0.1) is 5.41 Å². The first kappa shape index (κ1) is 13.5. The summed E-state index contributed by atoms with van der Waals surface area (Å²) < 4.78 is 14.5. The first-order valence-electron chi connectivity index (χ1n) is 5.92. The van der Waals surface area contributed by atoms with E-state index in [1.807, 2.05) is 0 Å². The highest BCUT2D eigenvalue weighted by Crippen LogP contribution is 2.34. The van der Waals surface area contributed by atoms with Gasteiger partial charge < -0.3 is 10.4 Å². The van der Waals surface area contributed by atoms with Gasteiger partial charge in [-0.25, -0.2) is 4.39 Å². The van der Waals surface area contributed by atoms with Gasteiger partial charge in [-0.15, -0.1) is 0 Å². The van der Waals surface area contributed by atoms with Gasteiger partial charge >= 0.3 is 5.97 Å². The Hall–Kier alpha value is -0.940. The summed E-state index contributed by atoms with van der Waals surface area (Å²) in [5, 5.41) is 12.6. The lowest BCUT2D eigenvalue weighted by atomic mass is 9.74. The molecule has 1 aromatic rings. The Morgan fingerprint density at radius 2 is 2.11 bits per heavy atom. The molecule has 0 radical (unpaired) electrons. The van der Waals surface area contributed by atoms with Gasteiger partial charge in [0.2, 0.25) is 0 Å². The van der Waals surface area contributed by atoms with Gasteiger partial charge in [-0.1, -0.05) is 22.0 Å². The van der Waals surface area contributed by atoms with Crippen molar-refractivity contribution in [3.05, 3.63) is 34.1 Å². The van der Waals surface area contributed by atoms with E-state index in [4.69, 9.17) is 0 Å². The molecule has 0 saturated carbocycles. The quantitative estimate of drug-likeness (QED) is 0.901. The minimum Gasteiger partial charge on any atom is -0.481 e. The first-order valence-corrected chi connectivity index (χ1v) is 6.71. The monoisotopic (exact) mass is 315 g/mol. The molecule has 0 aliphatic carbocycles. The molecule has 1 aliphatic rings. The van der Waals surface area contributed by atoms with Crippen LogP contribution in [0.15, 0.2) is 22.7 Å². The van der Waals surface area contributed by atoms with Crippen molar-refractivity contribution in [3.63, 3.8) is 0 Å². The molecule has 1 aliphatic heterocycles. The topological polar surface area (TPSA) is 49.3 Å². The van der Waals surface area contributed by atoms with Gasteiger partial charge in [0.15, 0.2) is 0 Å². The number of halogens is 2. The summed E-state index contributed by atoms with van der Waals surface area (Å²) in [6.45, 7) is 1.34. The maximum atomic E-state index is 13.8. The van der Waals surface area contributed by atoms with Crippen LogP contribution in [-0.4, -0.2) is 24.2 Å². The van der Waals surface area contributed by atoms with Gasteiger partial charge in [0, 0.05) is 4.47 Å². The number of piperidine rings is 1. The molecular weight excluding hydrogens is 301 g/mol. The molecule has 1 heterocycles. The minimum absolute atomic E-state index is 0.253. The van der Waals surface area contributed by atoms with E-state index in [1.54, 1.807) is 12.1 Å². The molecule has 0 atom stereocenters. The molecule has 0 unspecified atom stereocenters. The molecule has 3 nitrogen and oxygen atoms in total. The van der Waals surface area contributed by atoms with Crippen LogP contribution in [0, 0.1) is 11.2 Å². The van der Waals surface area contributed by atoms with Crippen molar-refractivity contribution >= 4 is 21.9 Å². The lowest BCUT2D eigenvalue weighted by Crippen LogP contribution is -2.43. The third-order valence-electron chi connectivity index (χ3n) is 3.56. The molecule has 0 aromatic heterocycles. The fraction of sp³-hybridized carbons (Fsp3) is 0.462. The fourth-order valence-corrected chi connectivity index (χ4v) is 2.73. The van der Waals surface area contributed by atoms with Gasteiger partial charge in [0.25, 0.3) is 0 Å². The number of hydrogen-bond donors (Lipinski definition) is 2. The van der Waals surface area contributed by atoms with E-state index >= 15 is 0 Å². The van der Waals surface area contributed by atoms with Crippen molar-refractivity contribution < 1.29 is 14.3 Å². The van der Waals surface area contributed by atoms with Gasteiger partial charge in [-0.3, -0.25) is 4.79 Å². The van der Waals surface area contributed by atoms with Crippen LogP contribution in [0.2, 0.25) is 0 Å². The van der Waals surface area contributed by atoms with Crippen LogP contribution in [0.1, 0.15) is 18.4 Å². The predicted molar refractivity (Wildman–Crippen MR) is 70.0 cm³/mol. The van der Waals surface area contributed by atoms with Crippen molar-refractivity contribution in [2.75, 3.05) is 13.1 Å². The number of nitrogens with one attached hydrogen (secondary N) is 1. The van der Waals surface area contributed by atoms with Crippen LogP contribution >= 0.6 is 15.9 Å². The second kappa shape index (κ2) is 5.36. The van der Waals surface area contributed by atoms with Crippen molar-refractivity contribution in [2.24, 2.45) is 5.41 Å². The Kier molecular flexibility index (Phi) is 4.02. The van der Waals surface area contributed by atoms with E-state index in [1.165, 1.54) is 6.07 Å². The number of benzene rings is 1. The highest BCUT2D eigenvalue weighted by Gasteiger charge is 2.40. The summed E-state index contributed by atoms with van der Waals surface area (Å²) in [7, 11) is 0. The SMILES string of the molecule is O=C(O)C1(Cc2ccc(Br)cc2F)CCNCC1. The zero-order chi connectivity index (χ0) is 13.2. The van der Waals surface area contributed by atoms with Crippen molar-refractivity contribution in [2.45, 2.75) is 19.3 Å². The Balaban J connectivity index is 2.26. The second-order valence-electron chi connectivity index (χ2n) is 4.75. The number of carboxylic acids is 1. The molecule has 1 fully saturated rings. The summed E-state index contributed by atoms with van der Waals surface area (Å²) in [6, 6.07) is 4.78. The number of carboxylic acid groups (broad SMARTS) is 1. The van der Waals surface area contributed by atoms with E-state index in [0.29, 0.717) is 36.0 Å². The van der Waals surface area contributed by atoms with E-state index in [-0.39, 0.29) is 12.2 Å². The molecule has 5 heteroatoms. The largest absolute Gasteiger partial charge is 0.481 e. The highest BCUT2D eigenvalue weighted by molar-refractivity contribution is 9.10. The van der Waals surface area contributed by atoms with Gasteiger partial charge in [0.1, 0.15) is 5.82 Å². The Labute approximate surface area is 114 Å². The maximum Gasteiger partial charge on any atom is 0.310 e. The summed E-state index contributed by atoms with van der Waals surface area (Å²) in [5.74, 6) is -1.17. The molecule has 2 rings (SSSR count). The molecule has 0 spiro atoms. The molecule has 1 saturated heterocycles. The van der Waals surface area contributed by atoms with Gasteiger partial charge in [-0.05, 0) is 50.0 Å². The van der Waals surface area contributed by atoms with Crippen LogP contribution in [0.4, 0.5) is 4.39 Å². The molecule has 1 aromatic carbocycles. The second-order valence-corrected chi connectivity index (χ2v) is 5.66. The predicted octanol–water partition coefficient (Wildman–Crippen LogP) is 2.59. The molecule has 98 valence electrons. The number of aliphatic carboxylic acids is 1. The summed E-state index contributed by atoms with van der Waals surface area (Å²) >= 11 is 3.20. The Bertz CT molecular complexity index is 458. The standard InChI is InChI=1S/C13H15BrFNO2/c14-10-2-1-9(11(15)7-10)8-13(12(17)18)3-5-16-6-4-13/h1-2,7,16H,3-6,8H2,(H,17,18). The summed E-state index contributed by atoms with van der Waals surface area (Å²) in [4.78, 5) is 11.5. The summed E-state index contributed by atoms with van der Waals surface area (Å²) in [6.07, 6.45) is 1.33.